The number of imide groups is 1. The van der Waals surface area contributed by atoms with E-state index >= 15 is 0 Å². The van der Waals surface area contributed by atoms with E-state index in [1.807, 2.05) is 19.1 Å². The summed E-state index contributed by atoms with van der Waals surface area (Å²) >= 11 is 10.2. The summed E-state index contributed by atoms with van der Waals surface area (Å²) in [6, 6.07) is 11.6. The number of esters is 1. The van der Waals surface area contributed by atoms with Crippen molar-refractivity contribution in [3.8, 4) is 0 Å². The summed E-state index contributed by atoms with van der Waals surface area (Å²) < 4.78 is 5.97. The molecule has 1 N–H and O–H groups in total. The van der Waals surface area contributed by atoms with Crippen LogP contribution in [0.2, 0.25) is 5.02 Å². The molecule has 1 aliphatic heterocycles. The minimum Gasteiger partial charge on any atom is -0.462 e. The third kappa shape index (κ3) is 5.99. The molecule has 0 aliphatic carbocycles. The summed E-state index contributed by atoms with van der Waals surface area (Å²) in [5.41, 5.74) is 1.16. The lowest BCUT2D eigenvalue weighted by Crippen LogP contribution is -2.36. The Labute approximate surface area is 202 Å². The molecule has 3 rings (SSSR count). The Kier molecular flexibility index (Phi) is 8.11. The number of rotatable bonds is 7. The number of halogens is 2. The molecule has 0 saturated carbocycles. The second-order valence-corrected chi connectivity index (χ2v) is 9.01. The highest BCUT2D eigenvalue weighted by Gasteiger charge is 2.36. The summed E-state index contributed by atoms with van der Waals surface area (Å²) in [4.78, 5) is 50.6. The van der Waals surface area contributed by atoms with Crippen molar-refractivity contribution in [2.24, 2.45) is 0 Å². The van der Waals surface area contributed by atoms with Crippen LogP contribution in [0.5, 0.6) is 0 Å². The molecule has 3 amide bonds. The van der Waals surface area contributed by atoms with Crippen LogP contribution in [-0.4, -0.2) is 41.1 Å². The van der Waals surface area contributed by atoms with Gasteiger partial charge >= 0.3 is 5.97 Å². The number of benzene rings is 2. The Balaban J connectivity index is 1.67. The van der Waals surface area contributed by atoms with Gasteiger partial charge in [-0.2, -0.15) is 0 Å². The Hall–Kier alpha value is -2.62. The molecule has 1 saturated heterocycles. The average molecular weight is 538 g/mol. The van der Waals surface area contributed by atoms with Gasteiger partial charge in [-0.05, 0) is 60.2 Å². The SMILES string of the molecule is CCCOC(=O)c1cc(NC(=O)CN2C(=O)S/C(=C/c3ccc(Br)cc3)C2=O)ccc1Cl. The van der Waals surface area contributed by atoms with Crippen LogP contribution in [0, 0.1) is 0 Å². The molecule has 0 radical (unpaired) electrons. The van der Waals surface area contributed by atoms with Gasteiger partial charge in [-0.1, -0.05) is 46.6 Å². The van der Waals surface area contributed by atoms with Crippen LogP contribution in [0.15, 0.2) is 51.8 Å². The molecule has 0 aromatic heterocycles. The monoisotopic (exact) mass is 536 g/mol. The zero-order valence-electron chi connectivity index (χ0n) is 16.9. The number of ether oxygens (including phenoxy) is 1. The van der Waals surface area contributed by atoms with Gasteiger partial charge in [-0.15, -0.1) is 0 Å². The van der Waals surface area contributed by atoms with Crippen LogP contribution in [0.1, 0.15) is 29.3 Å². The van der Waals surface area contributed by atoms with E-state index in [-0.39, 0.29) is 22.1 Å². The number of carbonyl (C=O) groups is 4. The van der Waals surface area contributed by atoms with Crippen molar-refractivity contribution in [3.63, 3.8) is 0 Å². The summed E-state index contributed by atoms with van der Waals surface area (Å²) in [5, 5.41) is 2.23. The fourth-order valence-corrected chi connectivity index (χ4v) is 4.02. The molecule has 1 aliphatic rings. The van der Waals surface area contributed by atoms with Gasteiger partial charge in [-0.25, -0.2) is 4.79 Å². The quantitative estimate of drug-likeness (QED) is 0.378. The van der Waals surface area contributed by atoms with Gasteiger partial charge in [0.15, 0.2) is 0 Å². The van der Waals surface area contributed by atoms with Crippen LogP contribution in [0.3, 0.4) is 0 Å². The van der Waals surface area contributed by atoms with Crippen molar-refractivity contribution in [1.82, 2.24) is 4.90 Å². The van der Waals surface area contributed by atoms with Crippen molar-refractivity contribution in [1.29, 1.82) is 0 Å². The average Bonchev–Trinajstić information content (AvgIpc) is 3.02. The number of nitrogens with one attached hydrogen (secondary N) is 1. The summed E-state index contributed by atoms with van der Waals surface area (Å²) in [5.74, 6) is -1.73. The molecule has 0 spiro atoms. The zero-order chi connectivity index (χ0) is 23.3. The molecule has 1 heterocycles. The summed E-state index contributed by atoms with van der Waals surface area (Å²) in [6.45, 7) is 1.66. The van der Waals surface area contributed by atoms with Crippen LogP contribution < -0.4 is 5.32 Å². The Bertz CT molecular complexity index is 1100. The molecule has 2 aromatic carbocycles. The predicted molar refractivity (Wildman–Crippen MR) is 127 cm³/mol. The first-order valence-electron chi connectivity index (χ1n) is 9.56. The van der Waals surface area contributed by atoms with Gasteiger partial charge in [0.05, 0.1) is 22.1 Å². The number of hydrogen-bond donors (Lipinski definition) is 1. The fourth-order valence-electron chi connectivity index (χ4n) is 2.72. The first kappa shape index (κ1) is 24.0. The van der Waals surface area contributed by atoms with Crippen LogP contribution >= 0.6 is 39.3 Å². The van der Waals surface area contributed by atoms with E-state index in [1.165, 1.54) is 18.2 Å². The van der Waals surface area contributed by atoms with Crippen molar-refractivity contribution in [2.75, 3.05) is 18.5 Å². The number of nitrogens with zero attached hydrogens (tertiary/aromatic N) is 1. The van der Waals surface area contributed by atoms with E-state index in [1.54, 1.807) is 18.2 Å². The van der Waals surface area contributed by atoms with Crippen molar-refractivity contribution in [3.05, 3.63) is 68.0 Å². The molecule has 32 heavy (non-hydrogen) atoms. The van der Waals surface area contributed by atoms with Crippen molar-refractivity contribution >= 4 is 74.1 Å². The third-order valence-corrected chi connectivity index (χ3v) is 6.02. The lowest BCUT2D eigenvalue weighted by atomic mass is 10.2. The van der Waals surface area contributed by atoms with Crippen LogP contribution in [0.4, 0.5) is 10.5 Å². The van der Waals surface area contributed by atoms with E-state index in [0.717, 1.165) is 26.7 Å². The molecule has 10 heteroatoms. The van der Waals surface area contributed by atoms with Crippen molar-refractivity contribution < 1.29 is 23.9 Å². The van der Waals surface area contributed by atoms with Gasteiger partial charge < -0.3 is 10.1 Å². The normalized spacial score (nSPS) is 14.7. The fraction of sp³-hybridized carbons (Fsp3) is 0.182. The smallest absolute Gasteiger partial charge is 0.339 e. The number of thioether (sulfide) groups is 1. The highest BCUT2D eigenvalue weighted by atomic mass is 79.9. The number of anilines is 1. The zero-order valence-corrected chi connectivity index (χ0v) is 20.1. The van der Waals surface area contributed by atoms with E-state index in [0.29, 0.717) is 12.1 Å². The molecule has 0 unspecified atom stereocenters. The summed E-state index contributed by atoms with van der Waals surface area (Å²) in [7, 11) is 0. The molecule has 2 aromatic rings. The van der Waals surface area contributed by atoms with Crippen LogP contribution in [0.25, 0.3) is 6.08 Å². The minimum absolute atomic E-state index is 0.113. The maximum Gasteiger partial charge on any atom is 0.339 e. The highest BCUT2D eigenvalue weighted by molar-refractivity contribution is 9.10. The van der Waals surface area contributed by atoms with Gasteiger partial charge in [0.2, 0.25) is 5.91 Å². The topological polar surface area (TPSA) is 92.8 Å². The maximum atomic E-state index is 12.6. The Morgan fingerprint density at radius 2 is 1.91 bits per heavy atom. The maximum absolute atomic E-state index is 12.6. The Morgan fingerprint density at radius 1 is 1.19 bits per heavy atom. The second kappa shape index (κ2) is 10.8. The first-order valence-corrected chi connectivity index (χ1v) is 11.5. The number of amides is 3. The predicted octanol–water partition coefficient (Wildman–Crippen LogP) is 5.34. The van der Waals surface area contributed by atoms with Gasteiger partial charge in [0, 0.05) is 10.2 Å². The molecular weight excluding hydrogens is 520 g/mol. The molecule has 0 atom stereocenters. The molecule has 0 bridgehead atoms. The Morgan fingerprint density at radius 3 is 2.59 bits per heavy atom. The molecule has 7 nitrogen and oxygen atoms in total. The minimum atomic E-state index is -0.600. The molecular formula is C22H18BrClN2O5S. The lowest BCUT2D eigenvalue weighted by molar-refractivity contribution is -0.127. The van der Waals surface area contributed by atoms with E-state index < -0.39 is 29.6 Å². The van der Waals surface area contributed by atoms with Crippen molar-refractivity contribution in [2.45, 2.75) is 13.3 Å². The second-order valence-electron chi connectivity index (χ2n) is 6.70. The van der Waals surface area contributed by atoms with E-state index in [9.17, 15) is 19.2 Å². The van der Waals surface area contributed by atoms with E-state index in [2.05, 4.69) is 21.2 Å². The van der Waals surface area contributed by atoms with E-state index in [4.69, 9.17) is 16.3 Å². The summed E-state index contributed by atoms with van der Waals surface area (Å²) in [6.07, 6.45) is 2.26. The third-order valence-electron chi connectivity index (χ3n) is 4.25. The van der Waals surface area contributed by atoms with Gasteiger partial charge in [0.1, 0.15) is 6.54 Å². The number of carbonyl (C=O) groups excluding carboxylic acids is 4. The number of hydrogen-bond acceptors (Lipinski definition) is 6. The standard InChI is InChI=1S/C22H18BrClN2O5S/c1-2-9-31-21(29)16-11-15(7-8-17(16)24)25-19(27)12-26-20(28)18(32-22(26)30)10-13-3-5-14(23)6-4-13/h3-8,10-11H,2,9,12H2,1H3,(H,25,27)/b18-10+. The van der Waals surface area contributed by atoms with Gasteiger partial charge in [-0.3, -0.25) is 19.3 Å². The lowest BCUT2D eigenvalue weighted by Gasteiger charge is -2.13. The molecule has 1 fully saturated rings. The first-order chi connectivity index (χ1) is 15.3. The van der Waals surface area contributed by atoms with Gasteiger partial charge in [0.25, 0.3) is 11.1 Å². The van der Waals surface area contributed by atoms with Crippen LogP contribution in [-0.2, 0) is 14.3 Å². The molecule has 166 valence electrons. The largest absolute Gasteiger partial charge is 0.462 e. The highest BCUT2D eigenvalue weighted by Crippen LogP contribution is 2.32.